The van der Waals surface area contributed by atoms with Crippen LogP contribution >= 0.6 is 11.3 Å². The number of aliphatic carboxylic acids is 3. The zero-order valence-corrected chi connectivity index (χ0v) is 92.7. The number of hydrogen-bond acceptors (Lipinski definition) is 20. The number of esters is 2. The summed E-state index contributed by atoms with van der Waals surface area (Å²) in [6, 6.07) is 63.2. The summed E-state index contributed by atoms with van der Waals surface area (Å²) in [5, 5.41) is 56.9. The number of fused-ring (bicyclic) bond motifs is 3. The molecule has 13 rings (SSSR count). The van der Waals surface area contributed by atoms with Crippen molar-refractivity contribution in [3.63, 3.8) is 0 Å². The maximum atomic E-state index is 11.9. The molecule has 25 nitrogen and oxygen atoms in total. The quantitative estimate of drug-likeness (QED) is 0.0140. The average molecular weight is 2070 g/mol. The average Bonchev–Trinajstić information content (AvgIpc) is 1.61. The topological polar surface area (TPSA) is 377 Å². The highest BCUT2D eigenvalue weighted by molar-refractivity contribution is 7.13. The fourth-order valence-corrected chi connectivity index (χ4v) is 16.5. The van der Waals surface area contributed by atoms with Crippen LogP contribution in [0.1, 0.15) is 278 Å². The van der Waals surface area contributed by atoms with E-state index in [4.69, 9.17) is 64.4 Å². The van der Waals surface area contributed by atoms with E-state index in [1.807, 2.05) is 102 Å². The van der Waals surface area contributed by atoms with E-state index in [0.717, 1.165) is 134 Å². The van der Waals surface area contributed by atoms with Crippen LogP contribution in [0.4, 0.5) is 22.2 Å². The van der Waals surface area contributed by atoms with E-state index >= 15 is 0 Å². The van der Waals surface area contributed by atoms with Crippen LogP contribution in [0.5, 0.6) is 28.7 Å². The number of nitrogen functional groups attached to an aromatic ring is 1. The van der Waals surface area contributed by atoms with Gasteiger partial charge in [-0.25, -0.2) is 38.5 Å². The fraction of sp³-hybridized carbons (Fsp3) is 0.472. The van der Waals surface area contributed by atoms with Crippen LogP contribution < -0.4 is 45.4 Å². The summed E-state index contributed by atoms with van der Waals surface area (Å²) >= 11 is 1.35. The number of rotatable bonds is 32. The van der Waals surface area contributed by atoms with E-state index in [1.54, 1.807) is 68.4 Å². The Balaban J connectivity index is 0.000000265. The number of carbonyl (C=O) groups is 8. The Hall–Kier alpha value is -13.2. The smallest absolute Gasteiger partial charge is 0.453 e. The van der Waals surface area contributed by atoms with Crippen molar-refractivity contribution in [3.05, 3.63) is 261 Å². The zero-order valence-electron chi connectivity index (χ0n) is 91.9. The summed E-state index contributed by atoms with van der Waals surface area (Å²) in [5.41, 5.74) is 24.8. The van der Waals surface area contributed by atoms with Crippen LogP contribution in [0.3, 0.4) is 0 Å². The second-order valence-electron chi connectivity index (χ2n) is 46.2. The van der Waals surface area contributed by atoms with Crippen LogP contribution in [0.15, 0.2) is 206 Å². The second-order valence-corrected chi connectivity index (χ2v) is 47.1. The molecule has 1 aromatic heterocycles. The van der Waals surface area contributed by atoms with Gasteiger partial charge >= 0.3 is 47.6 Å². The third-order valence-corrected chi connectivity index (χ3v) is 27.0. The number of aromatic carboxylic acids is 2. The maximum absolute atomic E-state index is 11.9. The maximum Gasteiger partial charge on any atom is 0.453 e. The Morgan fingerprint density at radius 3 is 1.23 bits per heavy atom. The molecule has 1 amide bonds. The van der Waals surface area contributed by atoms with E-state index in [2.05, 4.69) is 229 Å². The van der Waals surface area contributed by atoms with Gasteiger partial charge in [0, 0.05) is 35.5 Å². The van der Waals surface area contributed by atoms with Gasteiger partial charge in [0.25, 0.3) is 0 Å². The van der Waals surface area contributed by atoms with Crippen molar-refractivity contribution in [1.82, 2.24) is 4.98 Å². The van der Waals surface area contributed by atoms with Crippen molar-refractivity contribution in [2.75, 3.05) is 67.8 Å². The van der Waals surface area contributed by atoms with Crippen LogP contribution in [0.25, 0.3) is 22.3 Å². The molecule has 0 radical (unpaired) electrons. The SMILES string of the molecule is C.CC(C)(C)CCNc1cccc(-c2cccc(C(=O)O)c2)c1.CC(C)(C)CCNc1cccc(-c2cccc(C(=O)O)c2)c1.CC(C)(C)CCc1ccc(NC(=O)Cc2csc(N)n2)cc1.CC(Cc1ccc(OCC(=O)O)cc1)C(C)(C)C.CC(Cc1ccc2c(c1)OC(C(=O)O)(C(=O)O)O2)C(C)(C)C.CCOC(=O)COc1ccc2c(c1)CC(C(C)(C)C)CC2.CCOC(=O)COc1ccc2c(c1)CC(C(C)(C)C)CC2. The molecule has 2 heterocycles. The molecule has 10 N–H and O–H groups in total. The summed E-state index contributed by atoms with van der Waals surface area (Å²) < 4.78 is 36.0. The van der Waals surface area contributed by atoms with Gasteiger partial charge in [-0.1, -0.05) is 258 Å². The first-order valence-corrected chi connectivity index (χ1v) is 52.2. The van der Waals surface area contributed by atoms with Gasteiger partial charge in [-0.15, -0.1) is 11.3 Å². The van der Waals surface area contributed by atoms with E-state index in [0.29, 0.717) is 97.1 Å². The summed E-state index contributed by atoms with van der Waals surface area (Å²) in [5.74, 6) is -4.80. The molecular formula is C123H167N5O20S. The number of amides is 1. The standard InChI is InChI=1S/2C19H23NO2.2C18H26O3.C17H23N3OS.C16H20O6.C15H22O3.CH4/c2*1-19(2,3)10-11-20-17-9-5-7-15(13-17)14-6-4-8-16(12-14)18(21)22;2*1-5-20-17(19)12-21-16-9-7-13-6-8-15(18(2,3)4)10-14(13)11-16;1-17(2,3)9-8-12-4-6-13(7-5-12)19-15(21)10-14-11-22-16(18)20-14;1-9(15(2,3)4)7-10-5-6-11-12(8-10)22-16(21-11,13(17)18)14(19)20;1-11(15(2,3)4)9-12-5-7-13(8-6-12)18-10-14(16)17;/h2*4-9,12-13,20H,10-11H2,1-3H3,(H,21,22);2*7,9,11,15H,5-6,8,10,12H2,1-4H3;4-7,11H,8-10H2,1-3H3,(H2,18,20)(H,19,21);5-6,8-9H,7H2,1-4H3,(H,17,18)(H,19,20);5-8,11H,9-10H2,1-4H3,(H,16,17);1H4. The van der Waals surface area contributed by atoms with Crippen molar-refractivity contribution >= 4 is 81.2 Å². The van der Waals surface area contributed by atoms with Crippen molar-refractivity contribution < 1.29 is 97.0 Å². The van der Waals surface area contributed by atoms with Gasteiger partial charge in [-0.2, -0.15) is 0 Å². The number of benzene rings is 9. The minimum absolute atomic E-state index is 0. The lowest BCUT2D eigenvalue weighted by Gasteiger charge is -2.35. The highest BCUT2D eigenvalue weighted by Crippen LogP contribution is 2.44. The largest absolute Gasteiger partial charge is 0.482 e. The number of carbonyl (C=O) groups excluding carboxylic acids is 3. The van der Waals surface area contributed by atoms with Crippen LogP contribution in [-0.2, 0) is 89.6 Å². The van der Waals surface area contributed by atoms with E-state index in [9.17, 15) is 38.4 Å². The van der Waals surface area contributed by atoms with Gasteiger partial charge < -0.3 is 80.4 Å². The first-order valence-electron chi connectivity index (χ1n) is 51.3. The van der Waals surface area contributed by atoms with Crippen molar-refractivity contribution in [2.45, 2.75) is 270 Å². The summed E-state index contributed by atoms with van der Waals surface area (Å²) in [6.07, 6.45) is 13.4. The first-order chi connectivity index (χ1) is 69.2. The fourth-order valence-electron chi connectivity index (χ4n) is 15.9. The van der Waals surface area contributed by atoms with Gasteiger partial charge in [-0.3, -0.25) is 4.79 Å². The molecule has 26 heteroatoms. The Bertz CT molecular complexity index is 5750. The summed E-state index contributed by atoms with van der Waals surface area (Å²) in [6.45, 7) is 57.3. The molecule has 0 bridgehead atoms. The number of nitrogens with one attached hydrogen (secondary N) is 3. The first kappa shape index (κ1) is 124. The van der Waals surface area contributed by atoms with Gasteiger partial charge in [0.15, 0.2) is 36.5 Å². The molecule has 0 saturated heterocycles. The van der Waals surface area contributed by atoms with Crippen LogP contribution in [-0.4, -0.2) is 130 Å². The van der Waals surface area contributed by atoms with Gasteiger partial charge in [0.05, 0.1) is 36.5 Å². The number of aryl methyl sites for hydroxylation is 3. The predicted octanol–water partition coefficient (Wildman–Crippen LogP) is 27.8. The molecule has 0 saturated carbocycles. The minimum atomic E-state index is -2.70. The molecule has 9 aromatic carbocycles. The van der Waals surface area contributed by atoms with Gasteiger partial charge in [-0.05, 0) is 323 Å². The Labute approximate surface area is 889 Å². The third-order valence-electron chi connectivity index (χ3n) is 26.3. The predicted molar refractivity (Wildman–Crippen MR) is 600 cm³/mol. The van der Waals surface area contributed by atoms with E-state index in [1.165, 1.54) is 57.6 Å². The normalized spacial score (nSPS) is 14.2. The number of aromatic nitrogens is 1. The monoisotopic (exact) mass is 2070 g/mol. The number of nitrogens with two attached hydrogens (primary N) is 1. The van der Waals surface area contributed by atoms with Crippen molar-refractivity contribution in [3.8, 4) is 51.0 Å². The minimum Gasteiger partial charge on any atom is -0.482 e. The van der Waals surface area contributed by atoms with Crippen LogP contribution in [0, 0.1) is 61.6 Å². The molecule has 1 aliphatic heterocycles. The second kappa shape index (κ2) is 57.0. The Morgan fingerprint density at radius 2 is 0.839 bits per heavy atom. The summed E-state index contributed by atoms with van der Waals surface area (Å²) in [4.78, 5) is 93.6. The number of carboxylic acids is 5. The Morgan fingerprint density at radius 1 is 0.443 bits per heavy atom. The molecule has 0 spiro atoms. The molecule has 2 aliphatic carbocycles. The van der Waals surface area contributed by atoms with E-state index < -0.39 is 35.6 Å². The molecule has 3 aliphatic rings. The summed E-state index contributed by atoms with van der Waals surface area (Å²) in [7, 11) is 0. The number of carboxylic acid groups (broad SMARTS) is 5. The third kappa shape index (κ3) is 44.2. The highest BCUT2D eigenvalue weighted by Gasteiger charge is 2.58. The molecule has 4 unspecified atom stereocenters. The number of hydrogen-bond donors (Lipinski definition) is 9. The Kier molecular flexibility index (Phi) is 47.6. The van der Waals surface area contributed by atoms with Crippen LogP contribution in [0.2, 0.25) is 0 Å². The van der Waals surface area contributed by atoms with Crippen molar-refractivity contribution in [1.29, 1.82) is 0 Å². The molecule has 810 valence electrons. The number of anilines is 4. The van der Waals surface area contributed by atoms with Gasteiger partial charge in [0.2, 0.25) is 5.91 Å². The lowest BCUT2D eigenvalue weighted by molar-refractivity contribution is -0.194. The number of thiazole rings is 1. The molecule has 4 atom stereocenters. The molecule has 10 aromatic rings. The number of ether oxygens (including phenoxy) is 7. The van der Waals surface area contributed by atoms with Gasteiger partial charge in [0.1, 0.15) is 17.2 Å². The van der Waals surface area contributed by atoms with Crippen molar-refractivity contribution in [2.24, 2.45) is 61.6 Å². The lowest BCUT2D eigenvalue weighted by Crippen LogP contribution is -2.54. The molecule has 0 fully saturated rings. The molecular weight excluding hydrogens is 1900 g/mol. The lowest BCUT2D eigenvalue weighted by atomic mass is 9.70. The number of nitrogens with zero attached hydrogens (tertiary/aromatic N) is 1. The van der Waals surface area contributed by atoms with E-state index in [-0.39, 0.29) is 68.4 Å². The highest BCUT2D eigenvalue weighted by atomic mass is 32.1. The molecule has 149 heavy (non-hydrogen) atoms. The zero-order chi connectivity index (χ0) is 110.